The molecule has 2 aromatic carbocycles. The van der Waals surface area contributed by atoms with Crippen molar-refractivity contribution in [1.29, 1.82) is 0 Å². The quantitative estimate of drug-likeness (QED) is 0.558. The fourth-order valence-electron chi connectivity index (χ4n) is 2.61. The Morgan fingerprint density at radius 3 is 2.76 bits per heavy atom. The van der Waals surface area contributed by atoms with E-state index < -0.39 is 11.6 Å². The van der Waals surface area contributed by atoms with Gasteiger partial charge in [-0.05, 0) is 18.2 Å². The lowest BCUT2D eigenvalue weighted by atomic mass is 10.0. The molecule has 25 heavy (non-hydrogen) atoms. The van der Waals surface area contributed by atoms with E-state index in [0.29, 0.717) is 27.4 Å². The third-order valence-corrected chi connectivity index (χ3v) is 4.03. The molecule has 0 saturated carbocycles. The predicted molar refractivity (Wildman–Crippen MR) is 91.8 cm³/mol. The van der Waals surface area contributed by atoms with Crippen molar-refractivity contribution in [3.63, 3.8) is 0 Å². The molecule has 2 heterocycles. The molecule has 4 rings (SSSR count). The number of nitrogens with one attached hydrogen (secondary N) is 2. The van der Waals surface area contributed by atoms with Crippen molar-refractivity contribution < 1.29 is 8.78 Å². The Morgan fingerprint density at radius 2 is 1.92 bits per heavy atom. The van der Waals surface area contributed by atoms with Gasteiger partial charge in [-0.2, -0.15) is 10.2 Å². The maximum atomic E-state index is 14.5. The molecule has 0 spiro atoms. The molecule has 0 fully saturated rings. The van der Waals surface area contributed by atoms with E-state index in [1.807, 2.05) is 0 Å². The monoisotopic (exact) mass is 357 g/mol. The molecular weight excluding hydrogens is 348 g/mol. The Labute approximate surface area is 145 Å². The zero-order valence-electron chi connectivity index (χ0n) is 12.6. The van der Waals surface area contributed by atoms with Crippen molar-refractivity contribution in [3.8, 4) is 11.1 Å². The maximum Gasteiger partial charge on any atom is 0.180 e. The molecule has 0 amide bonds. The van der Waals surface area contributed by atoms with Crippen LogP contribution in [0, 0.1) is 11.6 Å². The van der Waals surface area contributed by atoms with E-state index in [-0.39, 0.29) is 11.3 Å². The second-order valence-electron chi connectivity index (χ2n) is 5.28. The Kier molecular flexibility index (Phi) is 3.77. The van der Waals surface area contributed by atoms with E-state index in [2.05, 4.69) is 25.7 Å². The van der Waals surface area contributed by atoms with E-state index in [0.717, 1.165) is 6.07 Å². The first-order chi connectivity index (χ1) is 12.1. The van der Waals surface area contributed by atoms with E-state index in [1.165, 1.54) is 12.3 Å². The molecule has 0 aliphatic heterocycles. The largest absolute Gasteiger partial charge is 0.338 e. The predicted octanol–water partition coefficient (Wildman–Crippen LogP) is 4.70. The van der Waals surface area contributed by atoms with Crippen LogP contribution in [0.1, 0.15) is 0 Å². The minimum absolute atomic E-state index is 0.158. The minimum Gasteiger partial charge on any atom is -0.338 e. The first-order valence-corrected chi connectivity index (χ1v) is 7.68. The molecular formula is C17H10ClF2N5. The highest BCUT2D eigenvalue weighted by molar-refractivity contribution is 6.33. The summed E-state index contributed by atoms with van der Waals surface area (Å²) in [7, 11) is 0. The number of halogens is 3. The van der Waals surface area contributed by atoms with Crippen molar-refractivity contribution in [2.75, 3.05) is 5.32 Å². The van der Waals surface area contributed by atoms with Gasteiger partial charge in [0, 0.05) is 22.2 Å². The summed E-state index contributed by atoms with van der Waals surface area (Å²) in [6.07, 6.45) is 1.50. The lowest BCUT2D eigenvalue weighted by molar-refractivity contribution is 0.586. The van der Waals surface area contributed by atoms with Crippen LogP contribution < -0.4 is 5.32 Å². The molecule has 124 valence electrons. The van der Waals surface area contributed by atoms with Gasteiger partial charge < -0.3 is 5.32 Å². The summed E-state index contributed by atoms with van der Waals surface area (Å²) in [5.41, 5.74) is 1.27. The summed E-state index contributed by atoms with van der Waals surface area (Å²) in [6, 6.07) is 10.5. The second kappa shape index (κ2) is 6.10. The van der Waals surface area contributed by atoms with Crippen molar-refractivity contribution in [1.82, 2.24) is 20.4 Å². The van der Waals surface area contributed by atoms with E-state index in [4.69, 9.17) is 11.6 Å². The normalized spacial score (nSPS) is 11.0. The van der Waals surface area contributed by atoms with Crippen LogP contribution in [0.5, 0.6) is 0 Å². The van der Waals surface area contributed by atoms with Gasteiger partial charge in [0.05, 0.1) is 17.3 Å². The number of anilines is 2. The first-order valence-electron chi connectivity index (χ1n) is 7.30. The van der Waals surface area contributed by atoms with Crippen molar-refractivity contribution in [3.05, 3.63) is 65.3 Å². The number of hydrogen-bond acceptors (Lipinski definition) is 4. The summed E-state index contributed by atoms with van der Waals surface area (Å²) >= 11 is 6.19. The van der Waals surface area contributed by atoms with Gasteiger partial charge in [-0.25, -0.2) is 8.78 Å². The van der Waals surface area contributed by atoms with Gasteiger partial charge in [-0.1, -0.05) is 29.8 Å². The Hall–Kier alpha value is -3.06. The third kappa shape index (κ3) is 2.78. The highest BCUT2D eigenvalue weighted by Gasteiger charge is 2.17. The van der Waals surface area contributed by atoms with E-state index in [1.54, 1.807) is 30.3 Å². The van der Waals surface area contributed by atoms with Crippen LogP contribution in [0.3, 0.4) is 0 Å². The Bertz CT molecular complexity index is 1080. The standard InChI is InChI=1S/C17H10ClF2N5/c18-12-4-2-1-3-10(12)15-13(20)7-9(19)8-14(15)22-16-11-5-6-21-23-17(11)25-24-16/h1-8H,(H2,22,23,24,25). The Morgan fingerprint density at radius 1 is 1.08 bits per heavy atom. The second-order valence-corrected chi connectivity index (χ2v) is 5.69. The molecule has 0 aliphatic carbocycles. The topological polar surface area (TPSA) is 66.5 Å². The van der Waals surface area contributed by atoms with Crippen LogP contribution in [0.4, 0.5) is 20.3 Å². The molecule has 2 aromatic heterocycles. The average molecular weight is 358 g/mol. The summed E-state index contributed by atoms with van der Waals surface area (Å²) in [5.74, 6) is -1.06. The summed E-state index contributed by atoms with van der Waals surface area (Å²) in [5, 5.41) is 18.4. The number of aromatic nitrogens is 4. The first kappa shape index (κ1) is 15.5. The van der Waals surface area contributed by atoms with E-state index >= 15 is 0 Å². The minimum atomic E-state index is -0.727. The van der Waals surface area contributed by atoms with Gasteiger partial charge in [0.25, 0.3) is 0 Å². The van der Waals surface area contributed by atoms with E-state index in [9.17, 15) is 8.78 Å². The number of nitrogens with zero attached hydrogens (tertiary/aromatic N) is 3. The van der Waals surface area contributed by atoms with Crippen molar-refractivity contribution >= 4 is 34.1 Å². The molecule has 0 bridgehead atoms. The molecule has 0 saturated heterocycles. The van der Waals surface area contributed by atoms with Crippen molar-refractivity contribution in [2.45, 2.75) is 0 Å². The fraction of sp³-hybridized carbons (Fsp3) is 0. The molecule has 2 N–H and O–H groups in total. The van der Waals surface area contributed by atoms with Crippen LogP contribution in [-0.2, 0) is 0 Å². The number of hydrogen-bond donors (Lipinski definition) is 2. The molecule has 0 radical (unpaired) electrons. The lowest BCUT2D eigenvalue weighted by Crippen LogP contribution is -1.99. The molecule has 0 atom stereocenters. The summed E-state index contributed by atoms with van der Waals surface area (Å²) in [6.45, 7) is 0. The number of fused-ring (bicyclic) bond motifs is 1. The van der Waals surface area contributed by atoms with Gasteiger partial charge in [-0.15, -0.1) is 5.10 Å². The smallest absolute Gasteiger partial charge is 0.180 e. The Balaban J connectivity index is 1.88. The van der Waals surface area contributed by atoms with Gasteiger partial charge in [-0.3, -0.25) is 5.10 Å². The maximum absolute atomic E-state index is 14.5. The van der Waals surface area contributed by atoms with Crippen LogP contribution in [0.25, 0.3) is 22.2 Å². The van der Waals surface area contributed by atoms with Gasteiger partial charge in [0.2, 0.25) is 0 Å². The third-order valence-electron chi connectivity index (χ3n) is 3.70. The zero-order valence-corrected chi connectivity index (χ0v) is 13.4. The van der Waals surface area contributed by atoms with Crippen LogP contribution in [0.2, 0.25) is 5.02 Å². The number of aromatic amines is 1. The van der Waals surface area contributed by atoms with Gasteiger partial charge >= 0.3 is 0 Å². The van der Waals surface area contributed by atoms with Gasteiger partial charge in [0.1, 0.15) is 11.6 Å². The highest BCUT2D eigenvalue weighted by Crippen LogP contribution is 2.37. The average Bonchev–Trinajstić information content (AvgIpc) is 2.99. The van der Waals surface area contributed by atoms with Crippen LogP contribution >= 0.6 is 11.6 Å². The number of rotatable bonds is 3. The summed E-state index contributed by atoms with van der Waals surface area (Å²) < 4.78 is 28.3. The number of benzene rings is 2. The number of H-pyrrole nitrogens is 1. The molecule has 5 nitrogen and oxygen atoms in total. The van der Waals surface area contributed by atoms with Crippen LogP contribution in [-0.4, -0.2) is 20.4 Å². The van der Waals surface area contributed by atoms with Crippen LogP contribution in [0.15, 0.2) is 48.7 Å². The molecule has 0 aliphatic rings. The lowest BCUT2D eigenvalue weighted by Gasteiger charge is -2.13. The molecule has 0 unspecified atom stereocenters. The zero-order chi connectivity index (χ0) is 17.4. The SMILES string of the molecule is Fc1cc(F)c(-c2ccccc2Cl)c(Nc2n[nH]c3nnccc23)c1. The van der Waals surface area contributed by atoms with Gasteiger partial charge in [0.15, 0.2) is 11.5 Å². The molecule has 4 aromatic rings. The summed E-state index contributed by atoms with van der Waals surface area (Å²) in [4.78, 5) is 0. The highest BCUT2D eigenvalue weighted by atomic mass is 35.5. The van der Waals surface area contributed by atoms with Crippen molar-refractivity contribution in [2.24, 2.45) is 0 Å². The molecule has 8 heteroatoms. The fourth-order valence-corrected chi connectivity index (χ4v) is 2.84.